The molecule has 0 bridgehead atoms. The molecule has 0 atom stereocenters. The maximum atomic E-state index is 11.9. The average Bonchev–Trinajstić information content (AvgIpc) is 2.36. The second kappa shape index (κ2) is 8.06. The summed E-state index contributed by atoms with van der Waals surface area (Å²) in [6.07, 6.45) is 2.64. The van der Waals surface area contributed by atoms with Crippen molar-refractivity contribution in [2.45, 2.75) is 13.3 Å². The summed E-state index contributed by atoms with van der Waals surface area (Å²) >= 11 is 3.36. The Bertz CT molecular complexity index is 418. The van der Waals surface area contributed by atoms with E-state index in [1.54, 1.807) is 0 Å². The minimum atomic E-state index is -0.0684. The molecule has 1 N–H and O–H groups in total. The summed E-state index contributed by atoms with van der Waals surface area (Å²) in [5, 5.41) is 2.83. The number of nitrogens with one attached hydrogen (secondary N) is 1. The van der Waals surface area contributed by atoms with E-state index in [4.69, 9.17) is 4.74 Å². The van der Waals surface area contributed by atoms with Crippen LogP contribution in [0.3, 0.4) is 0 Å². The summed E-state index contributed by atoms with van der Waals surface area (Å²) in [6.45, 7) is 7.21. The number of halogens is 1. The molecule has 1 amide bonds. The molecule has 0 aromatic heterocycles. The average molecular weight is 312 g/mol. The van der Waals surface area contributed by atoms with E-state index in [0.717, 1.165) is 16.5 Å². The highest BCUT2D eigenvalue weighted by atomic mass is 79.9. The summed E-state index contributed by atoms with van der Waals surface area (Å²) in [6, 6.07) is 5.66. The lowest BCUT2D eigenvalue weighted by atomic mass is 10.1. The zero-order valence-corrected chi connectivity index (χ0v) is 12.1. The van der Waals surface area contributed by atoms with Gasteiger partial charge in [-0.25, -0.2) is 0 Å². The van der Waals surface area contributed by atoms with Crippen LogP contribution in [0.15, 0.2) is 35.3 Å². The van der Waals surface area contributed by atoms with Crippen LogP contribution in [-0.2, 0) is 4.74 Å². The topological polar surface area (TPSA) is 38.3 Å². The summed E-state index contributed by atoms with van der Waals surface area (Å²) < 4.78 is 6.22. The summed E-state index contributed by atoms with van der Waals surface area (Å²) in [5.41, 5.74) is 1.65. The number of hydrogen-bond acceptors (Lipinski definition) is 2. The van der Waals surface area contributed by atoms with Gasteiger partial charge in [-0.05, 0) is 31.0 Å². The van der Waals surface area contributed by atoms with Gasteiger partial charge in [-0.15, -0.1) is 6.58 Å². The van der Waals surface area contributed by atoms with Gasteiger partial charge in [0, 0.05) is 16.6 Å². The van der Waals surface area contributed by atoms with E-state index in [-0.39, 0.29) is 5.91 Å². The van der Waals surface area contributed by atoms with E-state index in [9.17, 15) is 4.79 Å². The molecular weight excluding hydrogens is 294 g/mol. The summed E-state index contributed by atoms with van der Waals surface area (Å²) in [7, 11) is 0. The Kier molecular flexibility index (Phi) is 6.68. The van der Waals surface area contributed by atoms with Crippen LogP contribution in [0.1, 0.15) is 22.3 Å². The van der Waals surface area contributed by atoms with Crippen molar-refractivity contribution in [3.05, 3.63) is 46.5 Å². The molecule has 1 aromatic carbocycles. The molecule has 4 heteroatoms. The van der Waals surface area contributed by atoms with Crippen LogP contribution < -0.4 is 5.32 Å². The minimum absolute atomic E-state index is 0.0684. The smallest absolute Gasteiger partial charge is 0.251 e. The highest BCUT2D eigenvalue weighted by molar-refractivity contribution is 9.10. The molecule has 98 valence electrons. The molecule has 0 saturated carbocycles. The third-order valence-corrected chi connectivity index (χ3v) is 2.94. The first-order valence-corrected chi connectivity index (χ1v) is 6.67. The lowest BCUT2D eigenvalue weighted by molar-refractivity contribution is 0.0917. The number of rotatable bonds is 7. The molecular formula is C14H18BrNO2. The van der Waals surface area contributed by atoms with Crippen LogP contribution in [0.4, 0.5) is 0 Å². The molecule has 0 fully saturated rings. The number of ether oxygens (including phenoxy) is 1. The zero-order chi connectivity index (χ0) is 13.4. The summed E-state index contributed by atoms with van der Waals surface area (Å²) in [5.74, 6) is -0.0684. The Morgan fingerprint density at radius 2 is 2.28 bits per heavy atom. The van der Waals surface area contributed by atoms with E-state index >= 15 is 0 Å². The highest BCUT2D eigenvalue weighted by Crippen LogP contribution is 2.15. The van der Waals surface area contributed by atoms with Gasteiger partial charge >= 0.3 is 0 Å². The van der Waals surface area contributed by atoms with Crippen molar-refractivity contribution >= 4 is 21.8 Å². The molecule has 0 aliphatic heterocycles. The first-order valence-electron chi connectivity index (χ1n) is 5.88. The maximum absolute atomic E-state index is 11.9. The van der Waals surface area contributed by atoms with E-state index in [1.807, 2.05) is 31.2 Å². The normalized spacial score (nSPS) is 10.1. The lowest BCUT2D eigenvalue weighted by Gasteiger charge is -2.08. The molecule has 0 spiro atoms. The number of carbonyl (C=O) groups is 1. The van der Waals surface area contributed by atoms with Crippen LogP contribution >= 0.6 is 15.9 Å². The standard InChI is InChI=1S/C14H18BrNO2/c1-3-4-8-18-9-7-16-14(17)13-10-12(15)6-5-11(13)2/h3,5-6,10H,1,4,7-9H2,2H3,(H,16,17). The first kappa shape index (κ1) is 14.9. The Balaban J connectivity index is 2.36. The quantitative estimate of drug-likeness (QED) is 0.621. The van der Waals surface area contributed by atoms with Gasteiger partial charge in [0.1, 0.15) is 0 Å². The van der Waals surface area contributed by atoms with Crippen LogP contribution in [0, 0.1) is 6.92 Å². The van der Waals surface area contributed by atoms with Gasteiger partial charge in [0.25, 0.3) is 5.91 Å². The highest BCUT2D eigenvalue weighted by Gasteiger charge is 2.08. The fraction of sp³-hybridized carbons (Fsp3) is 0.357. The molecule has 1 aromatic rings. The Morgan fingerprint density at radius 3 is 3.00 bits per heavy atom. The SMILES string of the molecule is C=CCCOCCNC(=O)c1cc(Br)ccc1C. The largest absolute Gasteiger partial charge is 0.379 e. The third-order valence-electron chi connectivity index (χ3n) is 2.44. The van der Waals surface area contributed by atoms with E-state index < -0.39 is 0 Å². The molecule has 0 aliphatic carbocycles. The van der Waals surface area contributed by atoms with Crippen molar-refractivity contribution in [3.8, 4) is 0 Å². The monoisotopic (exact) mass is 311 g/mol. The fourth-order valence-corrected chi connectivity index (χ4v) is 1.80. The number of hydrogen-bond donors (Lipinski definition) is 1. The Hall–Kier alpha value is -1.13. The van der Waals surface area contributed by atoms with Crippen molar-refractivity contribution in [2.75, 3.05) is 19.8 Å². The number of benzene rings is 1. The minimum Gasteiger partial charge on any atom is -0.379 e. The predicted molar refractivity (Wildman–Crippen MR) is 76.8 cm³/mol. The summed E-state index contributed by atoms with van der Waals surface area (Å²) in [4.78, 5) is 11.9. The van der Waals surface area contributed by atoms with Gasteiger partial charge in [-0.3, -0.25) is 4.79 Å². The Labute approximate surface area is 116 Å². The first-order chi connectivity index (χ1) is 8.65. The van der Waals surface area contributed by atoms with Gasteiger partial charge in [0.05, 0.1) is 13.2 Å². The maximum Gasteiger partial charge on any atom is 0.251 e. The van der Waals surface area contributed by atoms with E-state index in [1.165, 1.54) is 0 Å². The van der Waals surface area contributed by atoms with Gasteiger partial charge in [-0.2, -0.15) is 0 Å². The van der Waals surface area contributed by atoms with Gasteiger partial charge in [0.15, 0.2) is 0 Å². The van der Waals surface area contributed by atoms with Crippen molar-refractivity contribution in [1.82, 2.24) is 5.32 Å². The second-order valence-electron chi connectivity index (χ2n) is 3.90. The van der Waals surface area contributed by atoms with Crippen LogP contribution in [0.5, 0.6) is 0 Å². The van der Waals surface area contributed by atoms with Gasteiger partial charge < -0.3 is 10.1 Å². The fourth-order valence-electron chi connectivity index (χ4n) is 1.44. The van der Waals surface area contributed by atoms with Gasteiger partial charge in [0.2, 0.25) is 0 Å². The Morgan fingerprint density at radius 1 is 1.50 bits per heavy atom. The van der Waals surface area contributed by atoms with Crippen molar-refractivity contribution in [2.24, 2.45) is 0 Å². The molecule has 0 radical (unpaired) electrons. The molecule has 0 aliphatic rings. The molecule has 0 unspecified atom stereocenters. The van der Waals surface area contributed by atoms with Crippen LogP contribution in [0.2, 0.25) is 0 Å². The lowest BCUT2D eigenvalue weighted by Crippen LogP contribution is -2.27. The van der Waals surface area contributed by atoms with Crippen LogP contribution in [-0.4, -0.2) is 25.7 Å². The predicted octanol–water partition coefficient (Wildman–Crippen LogP) is 3.08. The van der Waals surface area contributed by atoms with Gasteiger partial charge in [-0.1, -0.05) is 28.1 Å². The van der Waals surface area contributed by atoms with E-state index in [2.05, 4.69) is 27.8 Å². The van der Waals surface area contributed by atoms with Crippen molar-refractivity contribution in [3.63, 3.8) is 0 Å². The molecule has 18 heavy (non-hydrogen) atoms. The number of carbonyl (C=O) groups excluding carboxylic acids is 1. The number of amides is 1. The second-order valence-corrected chi connectivity index (χ2v) is 4.82. The molecule has 1 rings (SSSR count). The number of aryl methyl sites for hydroxylation is 1. The zero-order valence-electron chi connectivity index (χ0n) is 10.5. The molecule has 0 heterocycles. The van der Waals surface area contributed by atoms with E-state index in [0.29, 0.717) is 25.3 Å². The molecule has 0 saturated heterocycles. The molecule has 3 nitrogen and oxygen atoms in total. The van der Waals surface area contributed by atoms with Crippen LogP contribution in [0.25, 0.3) is 0 Å². The van der Waals surface area contributed by atoms with Crippen molar-refractivity contribution < 1.29 is 9.53 Å². The third kappa shape index (κ3) is 5.02. The van der Waals surface area contributed by atoms with Crippen molar-refractivity contribution in [1.29, 1.82) is 0 Å².